The van der Waals surface area contributed by atoms with Crippen molar-refractivity contribution in [2.45, 2.75) is 13.3 Å². The number of benzene rings is 1. The molecule has 5 nitrogen and oxygen atoms in total. The molecule has 1 saturated heterocycles. The van der Waals surface area contributed by atoms with Crippen LogP contribution in [0.25, 0.3) is 16.7 Å². The summed E-state index contributed by atoms with van der Waals surface area (Å²) in [6.45, 7) is 3.55. The topological polar surface area (TPSA) is 52.0 Å². The zero-order chi connectivity index (χ0) is 15.8. The number of nitrogens with zero attached hydrogens (tertiary/aromatic N) is 2. The van der Waals surface area contributed by atoms with Gasteiger partial charge >= 0.3 is 6.03 Å². The molecular formula is C18H19N4O+. The van der Waals surface area contributed by atoms with Crippen LogP contribution in [0.4, 0.5) is 10.5 Å². The van der Waals surface area contributed by atoms with Gasteiger partial charge in [0.05, 0.1) is 11.9 Å². The molecule has 0 atom stereocenters. The van der Waals surface area contributed by atoms with Crippen molar-refractivity contribution in [2.24, 2.45) is 0 Å². The van der Waals surface area contributed by atoms with Gasteiger partial charge in [-0.2, -0.15) is 0 Å². The van der Waals surface area contributed by atoms with Crippen LogP contribution in [0.3, 0.4) is 0 Å². The molecule has 2 aromatic heterocycles. The zero-order valence-corrected chi connectivity index (χ0v) is 13.0. The lowest BCUT2D eigenvalue weighted by molar-refractivity contribution is -0.599. The van der Waals surface area contributed by atoms with E-state index in [4.69, 9.17) is 0 Å². The Morgan fingerprint density at radius 2 is 2.13 bits per heavy atom. The number of hydrogen-bond donors (Lipinski definition) is 2. The Kier molecular flexibility index (Phi) is 3.26. The van der Waals surface area contributed by atoms with E-state index in [-0.39, 0.29) is 6.03 Å². The molecule has 1 fully saturated rings. The number of para-hydroxylation sites is 1. The number of aryl methyl sites for hydroxylation is 1. The van der Waals surface area contributed by atoms with Crippen molar-refractivity contribution < 1.29 is 9.36 Å². The highest BCUT2D eigenvalue weighted by Gasteiger charge is 2.24. The molecule has 0 unspecified atom stereocenters. The van der Waals surface area contributed by atoms with Crippen LogP contribution >= 0.6 is 0 Å². The second kappa shape index (κ2) is 5.43. The highest BCUT2D eigenvalue weighted by Crippen LogP contribution is 2.22. The molecule has 2 N–H and O–H groups in total. The Bertz CT molecular complexity index is 851. The maximum Gasteiger partial charge on any atom is 0.322 e. The van der Waals surface area contributed by atoms with E-state index in [1.54, 1.807) is 0 Å². The molecule has 1 aromatic carbocycles. The predicted octanol–water partition coefficient (Wildman–Crippen LogP) is 2.54. The van der Waals surface area contributed by atoms with Gasteiger partial charge in [-0.15, -0.1) is 0 Å². The highest BCUT2D eigenvalue weighted by atomic mass is 16.2. The minimum atomic E-state index is -0.0111. The summed E-state index contributed by atoms with van der Waals surface area (Å²) in [5.74, 6) is 1.03. The summed E-state index contributed by atoms with van der Waals surface area (Å²) in [5, 5.41) is 4.05. The van der Waals surface area contributed by atoms with Gasteiger partial charge in [0.1, 0.15) is 11.7 Å². The number of aromatic amines is 1. The van der Waals surface area contributed by atoms with Crippen molar-refractivity contribution >= 4 is 22.6 Å². The number of carbonyl (C=O) groups excluding carboxylic acids is 1. The van der Waals surface area contributed by atoms with Gasteiger partial charge in [-0.3, -0.25) is 4.90 Å². The number of amides is 2. The van der Waals surface area contributed by atoms with Crippen molar-refractivity contribution in [1.82, 2.24) is 10.3 Å². The quantitative estimate of drug-likeness (QED) is 0.718. The number of rotatable bonds is 3. The number of hydrogen-bond acceptors (Lipinski definition) is 1. The Morgan fingerprint density at radius 1 is 1.26 bits per heavy atom. The van der Waals surface area contributed by atoms with Gasteiger partial charge in [-0.05, 0) is 12.5 Å². The molecule has 3 aromatic rings. The molecule has 0 aliphatic carbocycles. The van der Waals surface area contributed by atoms with Gasteiger partial charge < -0.3 is 5.32 Å². The lowest BCUT2D eigenvalue weighted by Crippen LogP contribution is -2.34. The molecule has 116 valence electrons. The smallest absolute Gasteiger partial charge is 0.322 e. The fourth-order valence-electron chi connectivity index (χ4n) is 3.12. The maximum atomic E-state index is 11.9. The van der Waals surface area contributed by atoms with E-state index in [9.17, 15) is 4.79 Å². The van der Waals surface area contributed by atoms with Gasteiger partial charge in [0.15, 0.2) is 0 Å². The van der Waals surface area contributed by atoms with Gasteiger partial charge in [0, 0.05) is 36.2 Å². The first-order valence-electron chi connectivity index (χ1n) is 7.94. The summed E-state index contributed by atoms with van der Waals surface area (Å²) in [5.41, 5.74) is 3.27. The molecule has 1 aliphatic rings. The largest absolute Gasteiger partial charge is 0.336 e. The molecule has 4 rings (SSSR count). The lowest BCUT2D eigenvalue weighted by Gasteiger charge is -2.17. The van der Waals surface area contributed by atoms with Crippen LogP contribution in [-0.4, -0.2) is 24.1 Å². The number of urea groups is 1. The van der Waals surface area contributed by atoms with Gasteiger partial charge in [-0.25, -0.2) is 14.3 Å². The third-order valence-electron chi connectivity index (χ3n) is 4.34. The van der Waals surface area contributed by atoms with Crippen LogP contribution in [0, 0.1) is 0 Å². The van der Waals surface area contributed by atoms with Gasteiger partial charge in [-0.1, -0.05) is 25.1 Å². The maximum absolute atomic E-state index is 11.9. The zero-order valence-electron chi connectivity index (χ0n) is 13.0. The van der Waals surface area contributed by atoms with Crippen molar-refractivity contribution in [3.8, 4) is 5.82 Å². The van der Waals surface area contributed by atoms with Crippen molar-refractivity contribution in [1.29, 1.82) is 0 Å². The molecule has 5 heteroatoms. The molecule has 0 bridgehead atoms. The van der Waals surface area contributed by atoms with E-state index in [2.05, 4.69) is 46.2 Å². The van der Waals surface area contributed by atoms with E-state index in [1.807, 2.05) is 29.3 Å². The molecule has 0 saturated carbocycles. The van der Waals surface area contributed by atoms with E-state index >= 15 is 0 Å². The second-order valence-corrected chi connectivity index (χ2v) is 5.74. The molecular weight excluding hydrogens is 288 g/mol. The van der Waals surface area contributed by atoms with Crippen molar-refractivity contribution in [3.05, 3.63) is 54.4 Å². The highest BCUT2D eigenvalue weighted by molar-refractivity contribution is 5.94. The Morgan fingerprint density at radius 3 is 2.87 bits per heavy atom. The average molecular weight is 307 g/mol. The van der Waals surface area contributed by atoms with Crippen molar-refractivity contribution in [2.75, 3.05) is 18.0 Å². The number of fused-ring (bicyclic) bond motifs is 1. The Labute approximate surface area is 134 Å². The summed E-state index contributed by atoms with van der Waals surface area (Å²) < 4.78 is 2.08. The first-order valence-corrected chi connectivity index (χ1v) is 7.94. The monoisotopic (exact) mass is 307 g/mol. The van der Waals surface area contributed by atoms with Crippen molar-refractivity contribution in [3.63, 3.8) is 0 Å². The standard InChI is InChI=1S/C18H18N4O/c1-2-13-12-21(9-7-16(13)22-10-8-19-18(22)23)17-11-14-5-3-4-6-15(14)20-17/h3-7,9,11-12,20H,2,8,10H2,1H3/p+1. The van der Waals surface area contributed by atoms with E-state index in [1.165, 1.54) is 5.39 Å². The molecule has 23 heavy (non-hydrogen) atoms. The van der Waals surface area contributed by atoms with Crippen LogP contribution in [-0.2, 0) is 6.42 Å². The summed E-state index contributed by atoms with van der Waals surface area (Å²) >= 11 is 0. The van der Waals surface area contributed by atoms with E-state index in [0.29, 0.717) is 6.54 Å². The minimum absolute atomic E-state index is 0.0111. The Hall–Kier alpha value is -2.82. The first-order chi connectivity index (χ1) is 11.3. The SMILES string of the molecule is CCc1c[n+](-c2cc3ccccc3[nH]2)ccc1N1CCNC1=O. The van der Waals surface area contributed by atoms with Gasteiger partial charge in [0.2, 0.25) is 0 Å². The molecule has 0 spiro atoms. The van der Waals surface area contributed by atoms with Crippen LogP contribution < -0.4 is 14.8 Å². The third kappa shape index (κ3) is 2.34. The normalized spacial score (nSPS) is 14.5. The van der Waals surface area contributed by atoms with Crippen LogP contribution in [0.15, 0.2) is 48.8 Å². The van der Waals surface area contributed by atoms with Crippen LogP contribution in [0.1, 0.15) is 12.5 Å². The van der Waals surface area contributed by atoms with E-state index in [0.717, 1.165) is 35.6 Å². The summed E-state index contributed by atoms with van der Waals surface area (Å²) in [6.07, 6.45) is 4.98. The molecule has 3 heterocycles. The van der Waals surface area contributed by atoms with Crippen LogP contribution in [0.5, 0.6) is 0 Å². The summed E-state index contributed by atoms with van der Waals surface area (Å²) in [7, 11) is 0. The predicted molar refractivity (Wildman–Crippen MR) is 90.0 cm³/mol. The minimum Gasteiger partial charge on any atom is -0.336 e. The number of H-pyrrole nitrogens is 1. The van der Waals surface area contributed by atoms with Crippen LogP contribution in [0.2, 0.25) is 0 Å². The summed E-state index contributed by atoms with van der Waals surface area (Å²) in [6, 6.07) is 12.4. The number of aromatic nitrogens is 2. The lowest BCUT2D eigenvalue weighted by atomic mass is 10.1. The van der Waals surface area contributed by atoms with E-state index < -0.39 is 0 Å². The second-order valence-electron chi connectivity index (χ2n) is 5.74. The number of nitrogens with one attached hydrogen (secondary N) is 2. The fraction of sp³-hybridized carbons (Fsp3) is 0.222. The fourth-order valence-corrected chi connectivity index (χ4v) is 3.12. The number of pyridine rings is 1. The average Bonchev–Trinajstić information content (AvgIpc) is 3.20. The Balaban J connectivity index is 1.76. The molecule has 0 radical (unpaired) electrons. The first kappa shape index (κ1) is 13.8. The molecule has 2 amide bonds. The third-order valence-corrected chi connectivity index (χ3v) is 4.34. The number of carbonyl (C=O) groups is 1. The van der Waals surface area contributed by atoms with Gasteiger partial charge in [0.25, 0.3) is 5.82 Å². The molecule has 1 aliphatic heterocycles. The summed E-state index contributed by atoms with van der Waals surface area (Å²) in [4.78, 5) is 17.2. The number of anilines is 1.